The second kappa shape index (κ2) is 15.1. The van der Waals surface area contributed by atoms with E-state index in [4.69, 9.17) is 9.47 Å². The molecule has 0 saturated heterocycles. The van der Waals surface area contributed by atoms with Crippen LogP contribution in [0.15, 0.2) is 48.5 Å². The monoisotopic (exact) mass is 420 g/mol. The zero-order valence-corrected chi connectivity index (χ0v) is 19.1. The summed E-state index contributed by atoms with van der Waals surface area (Å²) in [4.78, 5) is 12.5. The summed E-state index contributed by atoms with van der Waals surface area (Å²) in [5.41, 5.74) is 2.08. The Balaban J connectivity index is 1.72. The molecule has 0 unspecified atom stereocenters. The highest BCUT2D eigenvalue weighted by atomic mass is 16.5. The van der Waals surface area contributed by atoms with Gasteiger partial charge in [-0.15, -0.1) is 0 Å². The number of carbonyl (C=O) groups excluding carboxylic acids is 1. The molecule has 0 radical (unpaired) electrons. The van der Waals surface area contributed by atoms with Gasteiger partial charge in [0.05, 0.1) is 19.3 Å². The number of unbranched alkanes of at least 4 members (excludes halogenated alkanes) is 9. The average molecular weight is 421 g/mol. The molecule has 31 heavy (non-hydrogen) atoms. The molecule has 0 aromatic heterocycles. The predicted molar refractivity (Wildman–Crippen MR) is 128 cm³/mol. The normalized spacial score (nSPS) is 10.3. The van der Waals surface area contributed by atoms with Crippen molar-refractivity contribution in [3.8, 4) is 17.6 Å². The Bertz CT molecular complexity index is 827. The number of rotatable bonds is 13. The average Bonchev–Trinajstić information content (AvgIpc) is 2.81. The van der Waals surface area contributed by atoms with E-state index in [1.807, 2.05) is 42.5 Å². The summed E-state index contributed by atoms with van der Waals surface area (Å²) < 4.78 is 10.7. The van der Waals surface area contributed by atoms with Gasteiger partial charge in [0.1, 0.15) is 5.75 Å². The third-order valence-electron chi connectivity index (χ3n) is 5.31. The Labute approximate surface area is 188 Å². The standard InChI is InChI=1S/C28H36O3/c1-3-4-5-6-7-8-9-10-11-14-23-31-28(29)27-16-13-12-15-25(27)20-17-24-18-21-26(30-2)22-19-24/h12-13,15-16,18-19,21-22H,3-11,14,23H2,1-2H3. The van der Waals surface area contributed by atoms with Crippen molar-refractivity contribution in [2.24, 2.45) is 0 Å². The summed E-state index contributed by atoms with van der Waals surface area (Å²) in [5, 5.41) is 0. The van der Waals surface area contributed by atoms with E-state index in [0.717, 1.165) is 24.2 Å². The second-order valence-electron chi connectivity index (χ2n) is 7.84. The zero-order chi connectivity index (χ0) is 22.2. The Kier molecular flexibility index (Phi) is 12.0. The molecular weight excluding hydrogens is 384 g/mol. The van der Waals surface area contributed by atoms with E-state index in [-0.39, 0.29) is 5.97 Å². The molecule has 0 spiro atoms. The van der Waals surface area contributed by atoms with Crippen molar-refractivity contribution in [3.63, 3.8) is 0 Å². The summed E-state index contributed by atoms with van der Waals surface area (Å²) in [6.45, 7) is 2.72. The first-order chi connectivity index (χ1) is 15.2. The minimum atomic E-state index is -0.296. The van der Waals surface area contributed by atoms with E-state index in [1.54, 1.807) is 13.2 Å². The van der Waals surface area contributed by atoms with Gasteiger partial charge < -0.3 is 9.47 Å². The fourth-order valence-corrected chi connectivity index (χ4v) is 3.42. The van der Waals surface area contributed by atoms with Crippen molar-refractivity contribution in [2.45, 2.75) is 71.1 Å². The van der Waals surface area contributed by atoms with E-state index in [1.165, 1.54) is 51.4 Å². The highest BCUT2D eigenvalue weighted by Gasteiger charge is 2.10. The van der Waals surface area contributed by atoms with Crippen LogP contribution in [0.2, 0.25) is 0 Å². The minimum Gasteiger partial charge on any atom is -0.497 e. The van der Waals surface area contributed by atoms with Crippen LogP contribution >= 0.6 is 0 Å². The zero-order valence-electron chi connectivity index (χ0n) is 19.1. The summed E-state index contributed by atoms with van der Waals surface area (Å²) >= 11 is 0. The van der Waals surface area contributed by atoms with Crippen molar-refractivity contribution in [1.29, 1.82) is 0 Å². The lowest BCUT2D eigenvalue weighted by atomic mass is 10.1. The van der Waals surface area contributed by atoms with Crippen LogP contribution in [0, 0.1) is 11.8 Å². The maximum atomic E-state index is 12.5. The van der Waals surface area contributed by atoms with Gasteiger partial charge in [-0.3, -0.25) is 0 Å². The van der Waals surface area contributed by atoms with Crippen molar-refractivity contribution >= 4 is 5.97 Å². The van der Waals surface area contributed by atoms with Crippen molar-refractivity contribution in [3.05, 3.63) is 65.2 Å². The van der Waals surface area contributed by atoms with Gasteiger partial charge in [0.15, 0.2) is 0 Å². The number of ether oxygens (including phenoxy) is 2. The molecule has 0 atom stereocenters. The molecule has 0 saturated carbocycles. The summed E-state index contributed by atoms with van der Waals surface area (Å²) in [5.74, 6) is 6.70. The minimum absolute atomic E-state index is 0.296. The van der Waals surface area contributed by atoms with Crippen LogP contribution in [-0.2, 0) is 4.74 Å². The largest absolute Gasteiger partial charge is 0.497 e. The van der Waals surface area contributed by atoms with E-state index < -0.39 is 0 Å². The summed E-state index contributed by atoms with van der Waals surface area (Å²) in [7, 11) is 1.64. The number of esters is 1. The van der Waals surface area contributed by atoms with E-state index >= 15 is 0 Å². The third kappa shape index (κ3) is 9.75. The predicted octanol–water partition coefficient (Wildman–Crippen LogP) is 7.17. The number of hydrogen-bond acceptors (Lipinski definition) is 3. The van der Waals surface area contributed by atoms with Gasteiger partial charge in [-0.2, -0.15) is 0 Å². The maximum Gasteiger partial charge on any atom is 0.339 e. The molecule has 2 rings (SSSR count). The van der Waals surface area contributed by atoms with Crippen LogP contribution < -0.4 is 4.74 Å². The molecule has 0 heterocycles. The quantitative estimate of drug-likeness (QED) is 0.196. The van der Waals surface area contributed by atoms with E-state index in [0.29, 0.717) is 17.7 Å². The molecular formula is C28H36O3. The van der Waals surface area contributed by atoms with Gasteiger partial charge in [-0.05, 0) is 42.8 Å². The molecule has 0 bridgehead atoms. The van der Waals surface area contributed by atoms with E-state index in [2.05, 4.69) is 18.8 Å². The Hall–Kier alpha value is -2.73. The first-order valence-electron chi connectivity index (χ1n) is 11.7. The second-order valence-corrected chi connectivity index (χ2v) is 7.84. The number of benzene rings is 2. The molecule has 0 fully saturated rings. The Morgan fingerprint density at radius 3 is 2.03 bits per heavy atom. The fourth-order valence-electron chi connectivity index (χ4n) is 3.42. The molecule has 0 aliphatic carbocycles. The van der Waals surface area contributed by atoms with Crippen LogP contribution in [0.4, 0.5) is 0 Å². The maximum absolute atomic E-state index is 12.5. The summed E-state index contributed by atoms with van der Waals surface area (Å²) in [6, 6.07) is 14.9. The first-order valence-corrected chi connectivity index (χ1v) is 11.7. The highest BCUT2D eigenvalue weighted by molar-refractivity contribution is 5.92. The SMILES string of the molecule is CCCCCCCCCCCCOC(=O)c1ccccc1C#Cc1ccc(OC)cc1. The van der Waals surface area contributed by atoms with Crippen molar-refractivity contribution in [2.75, 3.05) is 13.7 Å². The van der Waals surface area contributed by atoms with Crippen LogP contribution in [0.1, 0.15) is 92.6 Å². The lowest BCUT2D eigenvalue weighted by Crippen LogP contribution is -2.08. The van der Waals surface area contributed by atoms with Gasteiger partial charge >= 0.3 is 5.97 Å². The Morgan fingerprint density at radius 1 is 0.774 bits per heavy atom. The molecule has 0 aliphatic rings. The molecule has 0 N–H and O–H groups in total. The van der Waals surface area contributed by atoms with E-state index in [9.17, 15) is 4.79 Å². The van der Waals surface area contributed by atoms with Gasteiger partial charge in [0.25, 0.3) is 0 Å². The van der Waals surface area contributed by atoms with Gasteiger partial charge in [0, 0.05) is 11.1 Å². The van der Waals surface area contributed by atoms with Gasteiger partial charge in [-0.25, -0.2) is 4.79 Å². The first kappa shape index (κ1) is 24.5. The van der Waals surface area contributed by atoms with Gasteiger partial charge in [-0.1, -0.05) is 88.7 Å². The summed E-state index contributed by atoms with van der Waals surface area (Å²) in [6.07, 6.45) is 12.6. The highest BCUT2D eigenvalue weighted by Crippen LogP contribution is 2.14. The van der Waals surface area contributed by atoms with Crippen LogP contribution in [0.5, 0.6) is 5.75 Å². The lowest BCUT2D eigenvalue weighted by Gasteiger charge is -2.07. The molecule has 0 aliphatic heterocycles. The molecule has 2 aromatic carbocycles. The number of methoxy groups -OCH3 is 1. The van der Waals surface area contributed by atoms with Crippen LogP contribution in [-0.4, -0.2) is 19.7 Å². The fraction of sp³-hybridized carbons (Fsp3) is 0.464. The van der Waals surface area contributed by atoms with Crippen LogP contribution in [0.25, 0.3) is 0 Å². The topological polar surface area (TPSA) is 35.5 Å². The van der Waals surface area contributed by atoms with Crippen LogP contribution in [0.3, 0.4) is 0 Å². The number of hydrogen-bond donors (Lipinski definition) is 0. The van der Waals surface area contributed by atoms with Crippen molar-refractivity contribution in [1.82, 2.24) is 0 Å². The molecule has 0 amide bonds. The van der Waals surface area contributed by atoms with Gasteiger partial charge in [0.2, 0.25) is 0 Å². The molecule has 166 valence electrons. The molecule has 3 heteroatoms. The Morgan fingerprint density at radius 2 is 1.39 bits per heavy atom. The third-order valence-corrected chi connectivity index (χ3v) is 5.31. The van der Waals surface area contributed by atoms with Crippen molar-refractivity contribution < 1.29 is 14.3 Å². The smallest absolute Gasteiger partial charge is 0.339 e. The molecule has 3 nitrogen and oxygen atoms in total. The lowest BCUT2D eigenvalue weighted by molar-refractivity contribution is 0.0497. The molecule has 2 aromatic rings. The number of carbonyl (C=O) groups is 1.